The number of nitrogens with one attached hydrogen (secondary N) is 1. The zero-order valence-corrected chi connectivity index (χ0v) is 16.9. The molecule has 1 fully saturated rings. The normalized spacial score (nSPS) is 14.4. The lowest BCUT2D eigenvalue weighted by atomic mass is 10.1. The first-order chi connectivity index (χ1) is 14.6. The number of amides is 1. The number of rotatable bonds is 4. The van der Waals surface area contributed by atoms with Crippen LogP contribution in [-0.4, -0.2) is 37.2 Å². The van der Waals surface area contributed by atoms with Gasteiger partial charge < -0.3 is 15.0 Å². The maximum absolute atomic E-state index is 12.9. The van der Waals surface area contributed by atoms with E-state index in [4.69, 9.17) is 16.3 Å². The molecule has 150 valence electrons. The van der Waals surface area contributed by atoms with E-state index in [1.807, 2.05) is 42.5 Å². The van der Waals surface area contributed by atoms with Crippen molar-refractivity contribution in [3.8, 4) is 6.07 Å². The van der Waals surface area contributed by atoms with E-state index in [1.54, 1.807) is 24.4 Å². The summed E-state index contributed by atoms with van der Waals surface area (Å²) in [5.74, 6) is -0.486. The number of carbonyl (C=O) groups is 1. The fourth-order valence-corrected chi connectivity index (χ4v) is 3.55. The quantitative estimate of drug-likeness (QED) is 0.505. The molecule has 1 aliphatic heterocycles. The molecule has 1 saturated heterocycles. The third kappa shape index (κ3) is 4.43. The van der Waals surface area contributed by atoms with Crippen molar-refractivity contribution in [1.29, 1.82) is 5.26 Å². The molecule has 0 saturated carbocycles. The molecule has 3 aromatic rings. The van der Waals surface area contributed by atoms with Crippen LogP contribution in [0.4, 0.5) is 11.4 Å². The summed E-state index contributed by atoms with van der Waals surface area (Å²) < 4.78 is 5.41. The van der Waals surface area contributed by atoms with E-state index in [0.29, 0.717) is 23.9 Å². The zero-order chi connectivity index (χ0) is 20.9. The van der Waals surface area contributed by atoms with Crippen LogP contribution in [0.5, 0.6) is 0 Å². The van der Waals surface area contributed by atoms with E-state index in [1.165, 1.54) is 0 Å². The number of benzene rings is 2. The molecule has 0 atom stereocenters. The standard InChI is InChI=1S/C23H19ClN4O2/c24-19-4-6-22(28-8-10-30-11-9-28)21(14-19)27-23(29)18(15-25)13-16-3-5-20-17(12-16)2-1-7-26-20/h1-7,12-14H,8-11H2,(H,27,29)/b18-13-. The Morgan fingerprint density at radius 3 is 2.83 bits per heavy atom. The zero-order valence-electron chi connectivity index (χ0n) is 16.1. The molecule has 4 rings (SSSR count). The van der Waals surface area contributed by atoms with Crippen molar-refractivity contribution in [3.05, 3.63) is 70.9 Å². The Balaban J connectivity index is 1.61. The highest BCUT2D eigenvalue weighted by Gasteiger charge is 2.18. The lowest BCUT2D eigenvalue weighted by Crippen LogP contribution is -2.36. The van der Waals surface area contributed by atoms with Gasteiger partial charge in [-0.25, -0.2) is 0 Å². The van der Waals surface area contributed by atoms with Gasteiger partial charge in [-0.3, -0.25) is 9.78 Å². The maximum atomic E-state index is 12.9. The highest BCUT2D eigenvalue weighted by molar-refractivity contribution is 6.31. The number of halogens is 1. The van der Waals surface area contributed by atoms with Gasteiger partial charge >= 0.3 is 0 Å². The van der Waals surface area contributed by atoms with Crippen LogP contribution in [0.15, 0.2) is 60.3 Å². The summed E-state index contributed by atoms with van der Waals surface area (Å²) in [6, 6.07) is 16.7. The highest BCUT2D eigenvalue weighted by Crippen LogP contribution is 2.30. The topological polar surface area (TPSA) is 78.2 Å². The van der Waals surface area contributed by atoms with Gasteiger partial charge in [0.2, 0.25) is 0 Å². The lowest BCUT2D eigenvalue weighted by molar-refractivity contribution is -0.112. The van der Waals surface area contributed by atoms with Crippen LogP contribution >= 0.6 is 11.6 Å². The van der Waals surface area contributed by atoms with Gasteiger partial charge in [0.05, 0.1) is 30.1 Å². The highest BCUT2D eigenvalue weighted by atomic mass is 35.5. The minimum absolute atomic E-state index is 0.00569. The molecule has 1 amide bonds. The monoisotopic (exact) mass is 418 g/mol. The van der Waals surface area contributed by atoms with Gasteiger partial charge in [0.15, 0.2) is 0 Å². The fourth-order valence-electron chi connectivity index (χ4n) is 3.38. The van der Waals surface area contributed by atoms with Crippen molar-refractivity contribution in [1.82, 2.24) is 4.98 Å². The number of nitriles is 1. The predicted octanol–water partition coefficient (Wildman–Crippen LogP) is 4.27. The van der Waals surface area contributed by atoms with Crippen LogP contribution in [-0.2, 0) is 9.53 Å². The number of fused-ring (bicyclic) bond motifs is 1. The first-order valence-corrected chi connectivity index (χ1v) is 9.92. The second kappa shape index (κ2) is 8.95. The summed E-state index contributed by atoms with van der Waals surface area (Å²) in [6.45, 7) is 2.68. The molecule has 0 radical (unpaired) electrons. The van der Waals surface area contributed by atoms with E-state index >= 15 is 0 Å². The van der Waals surface area contributed by atoms with Crippen molar-refractivity contribution in [2.75, 3.05) is 36.5 Å². The van der Waals surface area contributed by atoms with Crippen molar-refractivity contribution < 1.29 is 9.53 Å². The number of pyridine rings is 1. The maximum Gasteiger partial charge on any atom is 0.266 e. The summed E-state index contributed by atoms with van der Waals surface area (Å²) in [6.07, 6.45) is 3.30. The minimum Gasteiger partial charge on any atom is -0.378 e. The molecule has 30 heavy (non-hydrogen) atoms. The van der Waals surface area contributed by atoms with E-state index < -0.39 is 5.91 Å². The molecule has 0 spiro atoms. The average Bonchev–Trinajstić information content (AvgIpc) is 2.78. The number of hydrogen-bond acceptors (Lipinski definition) is 5. The van der Waals surface area contributed by atoms with Gasteiger partial charge in [0.1, 0.15) is 11.6 Å². The Morgan fingerprint density at radius 1 is 1.20 bits per heavy atom. The number of aromatic nitrogens is 1. The third-order valence-corrected chi connectivity index (χ3v) is 5.10. The molecular formula is C23H19ClN4O2. The molecular weight excluding hydrogens is 400 g/mol. The largest absolute Gasteiger partial charge is 0.378 e. The van der Waals surface area contributed by atoms with Gasteiger partial charge in [0.25, 0.3) is 5.91 Å². The van der Waals surface area contributed by atoms with Crippen molar-refractivity contribution in [2.45, 2.75) is 0 Å². The Bertz CT molecular complexity index is 1160. The summed E-state index contributed by atoms with van der Waals surface area (Å²) >= 11 is 6.16. The number of ether oxygens (including phenoxy) is 1. The predicted molar refractivity (Wildman–Crippen MR) is 118 cm³/mol. The SMILES string of the molecule is N#C/C(=C/c1ccc2ncccc2c1)C(=O)Nc1cc(Cl)ccc1N1CCOCC1. The van der Waals surface area contributed by atoms with Crippen LogP contribution in [0.3, 0.4) is 0 Å². The van der Waals surface area contributed by atoms with E-state index in [0.717, 1.165) is 35.2 Å². The molecule has 0 bridgehead atoms. The lowest BCUT2D eigenvalue weighted by Gasteiger charge is -2.30. The van der Waals surface area contributed by atoms with Gasteiger partial charge in [-0.1, -0.05) is 23.7 Å². The van der Waals surface area contributed by atoms with Gasteiger partial charge in [-0.05, 0) is 48.0 Å². The number of carbonyl (C=O) groups excluding carboxylic acids is 1. The molecule has 7 heteroatoms. The van der Waals surface area contributed by atoms with Crippen LogP contribution in [0.1, 0.15) is 5.56 Å². The molecule has 2 heterocycles. The third-order valence-electron chi connectivity index (χ3n) is 4.86. The number of hydrogen-bond donors (Lipinski definition) is 1. The minimum atomic E-state index is -0.486. The van der Waals surface area contributed by atoms with Crippen molar-refractivity contribution in [2.24, 2.45) is 0 Å². The summed E-state index contributed by atoms with van der Waals surface area (Å²) in [4.78, 5) is 19.3. The summed E-state index contributed by atoms with van der Waals surface area (Å²) in [5.41, 5.74) is 3.03. The molecule has 1 aliphatic rings. The smallest absolute Gasteiger partial charge is 0.266 e. The first-order valence-electron chi connectivity index (χ1n) is 9.54. The molecule has 1 aromatic heterocycles. The van der Waals surface area contributed by atoms with Gasteiger partial charge in [-0.15, -0.1) is 0 Å². The second-order valence-corrected chi connectivity index (χ2v) is 7.28. The van der Waals surface area contributed by atoms with Crippen LogP contribution in [0, 0.1) is 11.3 Å². The first kappa shape index (κ1) is 19.9. The van der Waals surface area contributed by atoms with Gasteiger partial charge in [0, 0.05) is 29.7 Å². The van der Waals surface area contributed by atoms with Crippen molar-refractivity contribution in [3.63, 3.8) is 0 Å². The molecule has 2 aromatic carbocycles. The number of anilines is 2. The average molecular weight is 419 g/mol. The second-order valence-electron chi connectivity index (χ2n) is 6.84. The van der Waals surface area contributed by atoms with Crippen LogP contribution in [0.25, 0.3) is 17.0 Å². The Kier molecular flexibility index (Phi) is 5.94. The van der Waals surface area contributed by atoms with Crippen LogP contribution < -0.4 is 10.2 Å². The molecule has 0 aliphatic carbocycles. The summed E-state index contributed by atoms with van der Waals surface area (Å²) in [7, 11) is 0. The van der Waals surface area contributed by atoms with E-state index in [9.17, 15) is 10.1 Å². The Morgan fingerprint density at radius 2 is 2.03 bits per heavy atom. The summed E-state index contributed by atoms with van der Waals surface area (Å²) in [5, 5.41) is 13.9. The Labute approximate surface area is 179 Å². The van der Waals surface area contributed by atoms with Crippen LogP contribution in [0.2, 0.25) is 5.02 Å². The van der Waals surface area contributed by atoms with Crippen molar-refractivity contribution >= 4 is 45.9 Å². The Hall–Kier alpha value is -3.40. The number of morpholine rings is 1. The molecule has 1 N–H and O–H groups in total. The molecule has 0 unspecified atom stereocenters. The van der Waals surface area contributed by atoms with E-state index in [2.05, 4.69) is 15.2 Å². The molecule has 6 nitrogen and oxygen atoms in total. The van der Waals surface area contributed by atoms with E-state index in [-0.39, 0.29) is 5.57 Å². The van der Waals surface area contributed by atoms with Gasteiger partial charge in [-0.2, -0.15) is 5.26 Å². The number of nitrogens with zero attached hydrogens (tertiary/aromatic N) is 3. The fraction of sp³-hybridized carbons (Fsp3) is 0.174.